The Labute approximate surface area is 110 Å². The SMILES string of the molecule is NCc1ccncc1N1CCN(CC(F)(F)F)CC1. The normalized spacial score (nSPS) is 17.8. The van der Waals surface area contributed by atoms with Crippen LogP contribution >= 0.6 is 0 Å². The van der Waals surface area contributed by atoms with Gasteiger partial charge in [-0.15, -0.1) is 0 Å². The summed E-state index contributed by atoms with van der Waals surface area (Å²) < 4.78 is 36.9. The molecular formula is C12H17F3N4. The molecule has 2 rings (SSSR count). The Balaban J connectivity index is 1.96. The first-order chi connectivity index (χ1) is 8.99. The van der Waals surface area contributed by atoms with Gasteiger partial charge in [-0.2, -0.15) is 13.2 Å². The summed E-state index contributed by atoms with van der Waals surface area (Å²) in [6.45, 7) is 1.50. The van der Waals surface area contributed by atoms with E-state index in [4.69, 9.17) is 5.73 Å². The molecule has 1 aliphatic heterocycles. The number of aromatic nitrogens is 1. The Morgan fingerprint density at radius 1 is 1.21 bits per heavy atom. The van der Waals surface area contributed by atoms with Gasteiger partial charge in [-0.1, -0.05) is 0 Å². The second-order valence-electron chi connectivity index (χ2n) is 4.59. The monoisotopic (exact) mass is 274 g/mol. The molecular weight excluding hydrogens is 257 g/mol. The number of anilines is 1. The quantitative estimate of drug-likeness (QED) is 0.900. The van der Waals surface area contributed by atoms with E-state index in [0.717, 1.165) is 11.3 Å². The van der Waals surface area contributed by atoms with E-state index in [9.17, 15) is 13.2 Å². The second-order valence-corrected chi connectivity index (χ2v) is 4.59. The van der Waals surface area contributed by atoms with Gasteiger partial charge in [-0.25, -0.2) is 0 Å². The Hall–Kier alpha value is -1.34. The molecule has 0 aromatic carbocycles. The van der Waals surface area contributed by atoms with Crippen LogP contribution in [0.4, 0.5) is 18.9 Å². The number of rotatable bonds is 3. The van der Waals surface area contributed by atoms with E-state index in [1.54, 1.807) is 12.4 Å². The standard InChI is InChI=1S/C12H17F3N4/c13-12(14,15)9-18-3-5-19(6-4-18)11-8-17-2-1-10(11)7-16/h1-2,8H,3-7,9,16H2. The van der Waals surface area contributed by atoms with Gasteiger partial charge in [0.05, 0.1) is 18.4 Å². The van der Waals surface area contributed by atoms with E-state index in [2.05, 4.69) is 4.98 Å². The lowest BCUT2D eigenvalue weighted by molar-refractivity contribution is -0.146. The zero-order chi connectivity index (χ0) is 13.9. The minimum absolute atomic E-state index is 0.401. The molecule has 7 heteroatoms. The lowest BCUT2D eigenvalue weighted by atomic mass is 10.2. The highest BCUT2D eigenvalue weighted by molar-refractivity contribution is 5.52. The summed E-state index contributed by atoms with van der Waals surface area (Å²) in [5.74, 6) is 0. The van der Waals surface area contributed by atoms with E-state index in [1.807, 2.05) is 11.0 Å². The van der Waals surface area contributed by atoms with Gasteiger partial charge in [0.1, 0.15) is 0 Å². The van der Waals surface area contributed by atoms with Crippen LogP contribution < -0.4 is 10.6 Å². The summed E-state index contributed by atoms with van der Waals surface area (Å²) in [7, 11) is 0. The summed E-state index contributed by atoms with van der Waals surface area (Å²) in [5.41, 5.74) is 7.55. The average molecular weight is 274 g/mol. The topological polar surface area (TPSA) is 45.4 Å². The van der Waals surface area contributed by atoms with Gasteiger partial charge in [-0.3, -0.25) is 9.88 Å². The summed E-state index contributed by atoms with van der Waals surface area (Å²) in [4.78, 5) is 7.53. The third-order valence-corrected chi connectivity index (χ3v) is 3.22. The van der Waals surface area contributed by atoms with Crippen molar-refractivity contribution in [3.63, 3.8) is 0 Å². The summed E-state index contributed by atoms with van der Waals surface area (Å²) >= 11 is 0. The molecule has 4 nitrogen and oxygen atoms in total. The van der Waals surface area contributed by atoms with Crippen molar-refractivity contribution in [2.24, 2.45) is 5.73 Å². The molecule has 1 aliphatic rings. The van der Waals surface area contributed by atoms with Gasteiger partial charge in [0.25, 0.3) is 0 Å². The molecule has 0 unspecified atom stereocenters. The van der Waals surface area contributed by atoms with Crippen molar-refractivity contribution >= 4 is 5.69 Å². The molecule has 0 radical (unpaired) electrons. The van der Waals surface area contributed by atoms with Crippen LogP contribution in [0, 0.1) is 0 Å². The molecule has 19 heavy (non-hydrogen) atoms. The van der Waals surface area contributed by atoms with Crippen LogP contribution in [0.3, 0.4) is 0 Å². The number of halogens is 3. The van der Waals surface area contributed by atoms with Gasteiger partial charge in [-0.05, 0) is 11.6 Å². The van der Waals surface area contributed by atoms with Gasteiger partial charge in [0.15, 0.2) is 0 Å². The number of hydrogen-bond acceptors (Lipinski definition) is 4. The van der Waals surface area contributed by atoms with E-state index in [-0.39, 0.29) is 0 Å². The molecule has 1 aromatic heterocycles. The van der Waals surface area contributed by atoms with Crippen LogP contribution in [-0.4, -0.2) is 48.8 Å². The molecule has 0 bridgehead atoms. The molecule has 1 saturated heterocycles. The molecule has 0 amide bonds. The van der Waals surface area contributed by atoms with Crippen molar-refractivity contribution in [1.82, 2.24) is 9.88 Å². The number of alkyl halides is 3. The van der Waals surface area contributed by atoms with Gasteiger partial charge in [0.2, 0.25) is 0 Å². The predicted octanol–water partition coefficient (Wildman–Crippen LogP) is 1.22. The Morgan fingerprint density at radius 3 is 2.47 bits per heavy atom. The minimum atomic E-state index is -4.13. The fourth-order valence-corrected chi connectivity index (χ4v) is 2.27. The van der Waals surface area contributed by atoms with Crippen molar-refractivity contribution in [3.05, 3.63) is 24.0 Å². The first-order valence-electron chi connectivity index (χ1n) is 6.16. The Morgan fingerprint density at radius 2 is 1.89 bits per heavy atom. The largest absolute Gasteiger partial charge is 0.401 e. The number of pyridine rings is 1. The summed E-state index contributed by atoms with van der Waals surface area (Å²) in [5, 5.41) is 0. The maximum atomic E-state index is 12.3. The fourth-order valence-electron chi connectivity index (χ4n) is 2.27. The van der Waals surface area contributed by atoms with Crippen LogP contribution in [0.25, 0.3) is 0 Å². The van der Waals surface area contributed by atoms with Gasteiger partial charge < -0.3 is 10.6 Å². The van der Waals surface area contributed by atoms with E-state index >= 15 is 0 Å². The smallest absolute Gasteiger partial charge is 0.367 e. The van der Waals surface area contributed by atoms with E-state index in [0.29, 0.717) is 32.7 Å². The molecule has 1 aromatic rings. The van der Waals surface area contributed by atoms with Crippen LogP contribution in [0.1, 0.15) is 5.56 Å². The molecule has 1 fully saturated rings. The predicted molar refractivity (Wildman–Crippen MR) is 66.8 cm³/mol. The van der Waals surface area contributed by atoms with Crippen LogP contribution in [0.2, 0.25) is 0 Å². The molecule has 0 saturated carbocycles. The van der Waals surface area contributed by atoms with Crippen LogP contribution in [-0.2, 0) is 6.54 Å². The number of piperazine rings is 1. The highest BCUT2D eigenvalue weighted by Crippen LogP contribution is 2.22. The molecule has 0 spiro atoms. The third kappa shape index (κ3) is 3.81. The Kier molecular flexibility index (Phi) is 4.26. The van der Waals surface area contributed by atoms with Crippen LogP contribution in [0.15, 0.2) is 18.5 Å². The molecule has 0 atom stereocenters. The lowest BCUT2D eigenvalue weighted by Gasteiger charge is -2.36. The van der Waals surface area contributed by atoms with Gasteiger partial charge in [0, 0.05) is 38.9 Å². The third-order valence-electron chi connectivity index (χ3n) is 3.22. The lowest BCUT2D eigenvalue weighted by Crippen LogP contribution is -2.49. The zero-order valence-corrected chi connectivity index (χ0v) is 10.5. The average Bonchev–Trinajstić information content (AvgIpc) is 2.38. The summed E-state index contributed by atoms with van der Waals surface area (Å²) in [6, 6.07) is 1.84. The highest BCUT2D eigenvalue weighted by atomic mass is 19.4. The highest BCUT2D eigenvalue weighted by Gasteiger charge is 2.32. The minimum Gasteiger partial charge on any atom is -0.367 e. The van der Waals surface area contributed by atoms with Crippen molar-refractivity contribution in [2.75, 3.05) is 37.6 Å². The van der Waals surface area contributed by atoms with Gasteiger partial charge >= 0.3 is 6.18 Å². The maximum Gasteiger partial charge on any atom is 0.401 e. The first-order valence-corrected chi connectivity index (χ1v) is 6.16. The number of nitrogens with zero attached hydrogens (tertiary/aromatic N) is 3. The van der Waals surface area contributed by atoms with Crippen molar-refractivity contribution < 1.29 is 13.2 Å². The number of nitrogens with two attached hydrogens (primary N) is 1. The van der Waals surface area contributed by atoms with E-state index < -0.39 is 12.7 Å². The maximum absolute atomic E-state index is 12.3. The van der Waals surface area contributed by atoms with Crippen molar-refractivity contribution in [1.29, 1.82) is 0 Å². The van der Waals surface area contributed by atoms with E-state index in [1.165, 1.54) is 4.90 Å². The number of hydrogen-bond donors (Lipinski definition) is 1. The zero-order valence-electron chi connectivity index (χ0n) is 10.5. The van der Waals surface area contributed by atoms with Crippen LogP contribution in [0.5, 0.6) is 0 Å². The van der Waals surface area contributed by atoms with Crippen molar-refractivity contribution in [2.45, 2.75) is 12.7 Å². The van der Waals surface area contributed by atoms with Crippen molar-refractivity contribution in [3.8, 4) is 0 Å². The fraction of sp³-hybridized carbons (Fsp3) is 0.583. The molecule has 2 heterocycles. The molecule has 2 N–H and O–H groups in total. The molecule has 106 valence electrons. The summed E-state index contributed by atoms with van der Waals surface area (Å²) in [6.07, 6.45) is -0.730. The second kappa shape index (κ2) is 5.75. The molecule has 0 aliphatic carbocycles. The first kappa shape index (κ1) is 14.1. The Bertz CT molecular complexity index is 414.